The number of hydrogen-bond donors (Lipinski definition) is 3. The number of carbonyl (C=O) groups excluding carboxylic acids is 2. The Labute approximate surface area is 344 Å². The molecule has 0 saturated heterocycles. The van der Waals surface area contributed by atoms with Crippen molar-refractivity contribution in [2.24, 2.45) is 5.73 Å². The fourth-order valence-electron chi connectivity index (χ4n) is 5.99. The number of aliphatic carboxylic acids is 1. The topological polar surface area (TPSA) is 172 Å². The minimum absolute atomic E-state index is 0.146. The zero-order chi connectivity index (χ0) is 40.3. The van der Waals surface area contributed by atoms with Crippen LogP contribution in [0.1, 0.15) is 194 Å². The average Bonchev–Trinajstić information content (AvgIpc) is 3.14. The first kappa shape index (κ1) is 53.4. The third-order valence-corrected chi connectivity index (χ3v) is 13.3. The minimum atomic E-state index is -4.72. The van der Waals surface area contributed by atoms with Gasteiger partial charge in [-0.25, -0.2) is 4.57 Å². The van der Waals surface area contributed by atoms with Gasteiger partial charge in [0.05, 0.1) is 13.2 Å². The van der Waals surface area contributed by atoms with Crippen LogP contribution in [0.25, 0.3) is 0 Å². The number of phosphoric ester groups is 1. The van der Waals surface area contributed by atoms with Crippen molar-refractivity contribution in [3.63, 3.8) is 0 Å². The number of carboxylic acids is 1. The van der Waals surface area contributed by atoms with Crippen molar-refractivity contribution in [2.75, 3.05) is 19.8 Å². The molecule has 0 saturated carbocycles. The third-order valence-electron chi connectivity index (χ3n) is 9.46. The summed E-state index contributed by atoms with van der Waals surface area (Å²) >= 11 is 7.70. The van der Waals surface area contributed by atoms with E-state index in [1.54, 1.807) is 0 Å². The highest BCUT2D eigenvalue weighted by Gasteiger charge is 2.28. The molecule has 0 aliphatic rings. The first-order chi connectivity index (χ1) is 25.9. The molecule has 14 heteroatoms. The predicted molar refractivity (Wildman–Crippen MR) is 224 cm³/mol. The molecule has 4 N–H and O–H groups in total. The molecule has 0 rings (SSSR count). The molecule has 0 aliphatic carbocycles. The predicted octanol–water partition coefficient (Wildman–Crippen LogP) is 11.5. The molecule has 54 heavy (non-hydrogen) atoms. The zero-order valence-corrected chi connectivity index (χ0v) is 37.7. The summed E-state index contributed by atoms with van der Waals surface area (Å²) in [5.74, 6) is -2.39. The van der Waals surface area contributed by atoms with Gasteiger partial charge in [-0.2, -0.15) is 0 Å². The lowest BCUT2D eigenvalue weighted by Gasteiger charge is -2.20. The van der Waals surface area contributed by atoms with Gasteiger partial charge in [0.15, 0.2) is 6.10 Å². The summed E-state index contributed by atoms with van der Waals surface area (Å²) in [5, 5.41) is 8.89. The van der Waals surface area contributed by atoms with Gasteiger partial charge in [0.25, 0.3) is 0 Å². The van der Waals surface area contributed by atoms with Gasteiger partial charge in [-0.15, -0.1) is 0 Å². The number of unbranched alkanes of at least 4 members (excludes halogenated alkanes) is 21. The molecule has 0 aliphatic heterocycles. The number of ether oxygens (including phenoxy) is 2. The second-order valence-electron chi connectivity index (χ2n) is 14.7. The Morgan fingerprint density at radius 3 is 1.37 bits per heavy atom. The molecular weight excluding hydrogens is 845 g/mol. The molecule has 0 fully saturated rings. The Hall–Kier alpha value is -0.560. The highest BCUT2D eigenvalue weighted by molar-refractivity contribution is 9.12. The van der Waals surface area contributed by atoms with Crippen LogP contribution in [0.3, 0.4) is 0 Å². The number of alkyl halides is 2. The third kappa shape index (κ3) is 34.7. The van der Waals surface area contributed by atoms with E-state index >= 15 is 0 Å². The molecule has 320 valence electrons. The molecule has 0 spiro atoms. The van der Waals surface area contributed by atoms with E-state index < -0.39 is 51.1 Å². The van der Waals surface area contributed by atoms with Crippen LogP contribution in [0.5, 0.6) is 0 Å². The Morgan fingerprint density at radius 2 is 0.944 bits per heavy atom. The average molecular weight is 922 g/mol. The fraction of sp³-hybridized carbons (Fsp3) is 0.925. The number of phosphoric acid groups is 1. The summed E-state index contributed by atoms with van der Waals surface area (Å²) in [5.41, 5.74) is 5.33. The number of esters is 2. The number of carboxylic acid groups (broad SMARTS) is 1. The van der Waals surface area contributed by atoms with Crippen molar-refractivity contribution in [1.29, 1.82) is 0 Å². The van der Waals surface area contributed by atoms with Crippen molar-refractivity contribution >= 4 is 57.6 Å². The Kier molecular flexibility index (Phi) is 36.4. The quantitative estimate of drug-likeness (QED) is 0.0231. The summed E-state index contributed by atoms with van der Waals surface area (Å²) in [6.45, 7) is 2.78. The van der Waals surface area contributed by atoms with E-state index in [0.717, 1.165) is 51.4 Å². The lowest BCUT2D eigenvalue weighted by molar-refractivity contribution is -0.161. The molecule has 0 heterocycles. The van der Waals surface area contributed by atoms with E-state index in [0.29, 0.717) is 22.5 Å². The van der Waals surface area contributed by atoms with E-state index in [1.807, 2.05) is 0 Å². The van der Waals surface area contributed by atoms with Crippen LogP contribution >= 0.6 is 39.7 Å². The van der Waals surface area contributed by atoms with Gasteiger partial charge in [-0.1, -0.05) is 187 Å². The van der Waals surface area contributed by atoms with Crippen molar-refractivity contribution in [3.05, 3.63) is 0 Å². The molecule has 1 unspecified atom stereocenters. The maximum atomic E-state index is 12.7. The van der Waals surface area contributed by atoms with E-state index in [2.05, 4.69) is 50.2 Å². The number of hydrogen-bond acceptors (Lipinski definition) is 9. The number of carbonyl (C=O) groups is 3. The fourth-order valence-corrected chi connectivity index (χ4v) is 7.94. The Balaban J connectivity index is 4.47. The largest absolute Gasteiger partial charge is 0.480 e. The minimum Gasteiger partial charge on any atom is -0.480 e. The monoisotopic (exact) mass is 919 g/mol. The zero-order valence-electron chi connectivity index (χ0n) is 33.7. The maximum absolute atomic E-state index is 12.7. The second-order valence-corrected chi connectivity index (χ2v) is 18.5. The van der Waals surface area contributed by atoms with Crippen molar-refractivity contribution in [2.45, 2.75) is 215 Å². The van der Waals surface area contributed by atoms with Gasteiger partial charge in [-0.05, 0) is 25.7 Å². The van der Waals surface area contributed by atoms with Crippen LogP contribution in [-0.4, -0.2) is 69.5 Å². The molecule has 0 aromatic rings. The number of halogens is 2. The molecule has 0 radical (unpaired) electrons. The van der Waals surface area contributed by atoms with E-state index in [4.69, 9.17) is 24.8 Å². The number of rotatable bonds is 40. The van der Waals surface area contributed by atoms with Crippen LogP contribution in [0, 0.1) is 0 Å². The SMILES string of the molecule is CCCCCCCCCCCCCCCC(=O)OC[C@H](COP(=O)(O)OC[C@H](N)C(=O)O)OC(=O)CCCCCCC[C@H](Br)[C@@H](Br)CCCCCCCC. The Morgan fingerprint density at radius 1 is 0.574 bits per heavy atom. The normalized spacial score (nSPS) is 14.9. The van der Waals surface area contributed by atoms with Gasteiger partial charge < -0.3 is 25.2 Å². The van der Waals surface area contributed by atoms with Gasteiger partial charge >= 0.3 is 25.7 Å². The molecule has 0 aromatic carbocycles. The van der Waals surface area contributed by atoms with Crippen LogP contribution < -0.4 is 5.73 Å². The standard InChI is InChI=1S/C40H76Br2NO10P/c1-3-5-7-9-11-12-13-14-15-16-17-21-25-29-38(44)50-31-34(32-51-54(48,49)52-33-37(43)40(46)47)53-39(45)30-26-22-18-20-24-28-36(42)35(41)27-23-19-10-8-6-4-2/h34-37H,3-33,43H2,1-2H3,(H,46,47)(H,48,49)/t34-,35+,36+,37+/m1/s1. The van der Waals surface area contributed by atoms with Gasteiger partial charge in [0.2, 0.25) is 0 Å². The van der Waals surface area contributed by atoms with Crippen LogP contribution in [0.4, 0.5) is 0 Å². The second kappa shape index (κ2) is 36.8. The van der Waals surface area contributed by atoms with E-state index in [1.165, 1.54) is 103 Å². The lowest BCUT2D eigenvalue weighted by atomic mass is 10.0. The van der Waals surface area contributed by atoms with E-state index in [-0.39, 0.29) is 19.4 Å². The molecule has 0 bridgehead atoms. The summed E-state index contributed by atoms with van der Waals surface area (Å²) in [6, 6.07) is -1.52. The van der Waals surface area contributed by atoms with Crippen LogP contribution in [-0.2, 0) is 37.5 Å². The molecular formula is C40H76Br2NO10P. The number of nitrogens with two attached hydrogens (primary N) is 1. The van der Waals surface area contributed by atoms with Crippen LogP contribution in [0.15, 0.2) is 0 Å². The summed E-state index contributed by atoms with van der Waals surface area (Å²) in [4.78, 5) is 46.9. The highest BCUT2D eigenvalue weighted by Crippen LogP contribution is 2.43. The lowest BCUT2D eigenvalue weighted by Crippen LogP contribution is -2.34. The van der Waals surface area contributed by atoms with Crippen molar-refractivity contribution in [3.8, 4) is 0 Å². The summed E-state index contributed by atoms with van der Waals surface area (Å²) in [6.07, 6.45) is 29.4. The van der Waals surface area contributed by atoms with Gasteiger partial charge in [0, 0.05) is 22.5 Å². The molecule has 5 atom stereocenters. The van der Waals surface area contributed by atoms with Crippen molar-refractivity contribution < 1.29 is 47.5 Å². The first-order valence-electron chi connectivity index (χ1n) is 21.1. The molecule has 0 aromatic heterocycles. The van der Waals surface area contributed by atoms with Crippen LogP contribution in [0.2, 0.25) is 0 Å². The van der Waals surface area contributed by atoms with Gasteiger partial charge in [-0.3, -0.25) is 23.4 Å². The maximum Gasteiger partial charge on any atom is 0.472 e. The summed E-state index contributed by atoms with van der Waals surface area (Å²) < 4.78 is 32.7. The smallest absolute Gasteiger partial charge is 0.472 e. The van der Waals surface area contributed by atoms with Gasteiger partial charge in [0.1, 0.15) is 12.6 Å². The van der Waals surface area contributed by atoms with Crippen molar-refractivity contribution in [1.82, 2.24) is 0 Å². The molecule has 11 nitrogen and oxygen atoms in total. The molecule has 0 amide bonds. The summed E-state index contributed by atoms with van der Waals surface area (Å²) in [7, 11) is -4.72. The first-order valence-corrected chi connectivity index (χ1v) is 24.5. The van der Waals surface area contributed by atoms with E-state index in [9.17, 15) is 23.8 Å². The highest BCUT2D eigenvalue weighted by atomic mass is 79.9. The Bertz CT molecular complexity index is 979.